The Morgan fingerprint density at radius 3 is 3.00 bits per heavy atom. The van der Waals surface area contributed by atoms with Crippen LogP contribution >= 0.6 is 0 Å². The lowest BCUT2D eigenvalue weighted by molar-refractivity contribution is 0.284. The van der Waals surface area contributed by atoms with Crippen molar-refractivity contribution < 1.29 is 9.26 Å². The predicted molar refractivity (Wildman–Crippen MR) is 79.3 cm³/mol. The largest absolute Gasteiger partial charge is 0.485 e. The lowest BCUT2D eigenvalue weighted by atomic mass is 10.1. The quantitative estimate of drug-likeness (QED) is 0.916. The van der Waals surface area contributed by atoms with Gasteiger partial charge in [-0.3, -0.25) is 0 Å². The lowest BCUT2D eigenvalue weighted by Gasteiger charge is -2.10. The molecule has 0 amide bonds. The van der Waals surface area contributed by atoms with E-state index in [4.69, 9.17) is 9.26 Å². The zero-order chi connectivity index (χ0) is 14.8. The van der Waals surface area contributed by atoms with Gasteiger partial charge in [0.05, 0.1) is 0 Å². The Morgan fingerprint density at radius 2 is 2.29 bits per heavy atom. The van der Waals surface area contributed by atoms with E-state index in [-0.39, 0.29) is 5.92 Å². The number of aryl methyl sites for hydroxylation is 1. The Morgan fingerprint density at radius 1 is 1.43 bits per heavy atom. The van der Waals surface area contributed by atoms with Crippen LogP contribution in [0.5, 0.6) is 5.75 Å². The predicted octanol–water partition coefficient (Wildman–Crippen LogP) is 2.98. The molecule has 1 aromatic heterocycles. The van der Waals surface area contributed by atoms with Gasteiger partial charge in [0.2, 0.25) is 11.7 Å². The van der Waals surface area contributed by atoms with Gasteiger partial charge in [0, 0.05) is 12.0 Å². The van der Waals surface area contributed by atoms with Crippen molar-refractivity contribution in [3.8, 4) is 5.75 Å². The minimum atomic E-state index is 0.240. The molecule has 1 heterocycles. The van der Waals surface area contributed by atoms with Crippen LogP contribution in [0.15, 0.2) is 22.7 Å². The zero-order valence-electron chi connectivity index (χ0n) is 12.7. The molecule has 0 fully saturated rings. The van der Waals surface area contributed by atoms with E-state index >= 15 is 0 Å². The molecule has 2 aromatic rings. The molecule has 0 saturated heterocycles. The van der Waals surface area contributed by atoms with Crippen molar-refractivity contribution in [2.45, 2.75) is 45.3 Å². The molecule has 1 N–H and O–H groups in total. The van der Waals surface area contributed by atoms with Gasteiger partial charge in [-0.1, -0.05) is 25.1 Å². The topological polar surface area (TPSA) is 60.2 Å². The van der Waals surface area contributed by atoms with Crippen LogP contribution < -0.4 is 10.1 Å². The van der Waals surface area contributed by atoms with Gasteiger partial charge in [-0.25, -0.2) is 0 Å². The number of benzene rings is 1. The fourth-order valence-electron chi connectivity index (χ4n) is 2.69. The molecule has 3 rings (SSSR count). The monoisotopic (exact) mass is 287 g/mol. The highest BCUT2D eigenvalue weighted by Gasteiger charge is 2.21. The number of ether oxygens (including phenoxy) is 1. The van der Waals surface area contributed by atoms with E-state index in [1.54, 1.807) is 0 Å². The first kappa shape index (κ1) is 14.1. The standard InChI is InChI=1S/C16H21N3O2/c1-10(2)16-18-15(19-21-16)9-20-12-5-6-13-11(8-12)4-7-14(13)17-3/h5-6,8,10,14,17H,4,7,9H2,1-3H3. The van der Waals surface area contributed by atoms with E-state index < -0.39 is 0 Å². The van der Waals surface area contributed by atoms with Gasteiger partial charge in [0.25, 0.3) is 0 Å². The molecule has 0 saturated carbocycles. The highest BCUT2D eigenvalue weighted by Crippen LogP contribution is 2.33. The van der Waals surface area contributed by atoms with Crippen molar-refractivity contribution in [1.29, 1.82) is 0 Å². The van der Waals surface area contributed by atoms with Gasteiger partial charge in [-0.2, -0.15) is 4.98 Å². The molecule has 0 spiro atoms. The third-order valence-electron chi connectivity index (χ3n) is 3.89. The van der Waals surface area contributed by atoms with Gasteiger partial charge >= 0.3 is 0 Å². The van der Waals surface area contributed by atoms with Crippen LogP contribution in [0.25, 0.3) is 0 Å². The Labute approximate surface area is 124 Å². The van der Waals surface area contributed by atoms with Gasteiger partial charge in [-0.15, -0.1) is 0 Å². The van der Waals surface area contributed by atoms with E-state index in [2.05, 4.69) is 27.6 Å². The molecule has 5 heteroatoms. The molecule has 1 atom stereocenters. The maximum absolute atomic E-state index is 5.77. The summed E-state index contributed by atoms with van der Waals surface area (Å²) in [6, 6.07) is 6.75. The van der Waals surface area contributed by atoms with E-state index in [0.717, 1.165) is 18.6 Å². The first-order valence-electron chi connectivity index (χ1n) is 7.42. The molecule has 0 bridgehead atoms. The van der Waals surface area contributed by atoms with Crippen LogP contribution in [0.1, 0.15) is 55.1 Å². The summed E-state index contributed by atoms with van der Waals surface area (Å²) in [7, 11) is 2.01. The second-order valence-corrected chi connectivity index (χ2v) is 5.73. The minimum absolute atomic E-state index is 0.240. The highest BCUT2D eigenvalue weighted by atomic mass is 16.5. The normalized spacial score (nSPS) is 17.2. The van der Waals surface area contributed by atoms with Crippen molar-refractivity contribution in [2.75, 3.05) is 7.05 Å². The number of nitrogens with zero attached hydrogens (tertiary/aromatic N) is 2. The average molecular weight is 287 g/mol. The second-order valence-electron chi connectivity index (χ2n) is 5.73. The number of aromatic nitrogens is 2. The fourth-order valence-corrected chi connectivity index (χ4v) is 2.69. The van der Waals surface area contributed by atoms with Crippen molar-refractivity contribution in [3.63, 3.8) is 0 Å². The molecule has 0 radical (unpaired) electrons. The Bertz CT molecular complexity index is 622. The maximum Gasteiger partial charge on any atom is 0.229 e. The summed E-state index contributed by atoms with van der Waals surface area (Å²) < 4.78 is 10.9. The number of fused-ring (bicyclic) bond motifs is 1. The van der Waals surface area contributed by atoms with E-state index in [9.17, 15) is 0 Å². The Balaban J connectivity index is 1.66. The molecule has 1 aromatic carbocycles. The van der Waals surface area contributed by atoms with E-state index in [1.807, 2.05) is 27.0 Å². The number of hydrogen-bond donors (Lipinski definition) is 1. The SMILES string of the molecule is CNC1CCc2cc(OCc3noc(C(C)C)n3)ccc21. The summed E-state index contributed by atoms with van der Waals surface area (Å²) >= 11 is 0. The van der Waals surface area contributed by atoms with Crippen molar-refractivity contribution in [3.05, 3.63) is 41.0 Å². The van der Waals surface area contributed by atoms with Crippen LogP contribution in [0, 0.1) is 0 Å². The van der Waals surface area contributed by atoms with Gasteiger partial charge in [0.15, 0.2) is 6.61 Å². The molecule has 0 aliphatic heterocycles. The highest BCUT2D eigenvalue weighted by molar-refractivity contribution is 5.40. The minimum Gasteiger partial charge on any atom is -0.485 e. The maximum atomic E-state index is 5.77. The van der Waals surface area contributed by atoms with Crippen LogP contribution in [0.4, 0.5) is 0 Å². The molecule has 1 aliphatic carbocycles. The van der Waals surface area contributed by atoms with E-state index in [0.29, 0.717) is 24.4 Å². The Kier molecular flexibility index (Phi) is 3.92. The summed E-state index contributed by atoms with van der Waals surface area (Å²) in [5.41, 5.74) is 2.74. The number of nitrogens with one attached hydrogen (secondary N) is 1. The number of rotatable bonds is 5. The van der Waals surface area contributed by atoms with Gasteiger partial charge < -0.3 is 14.6 Å². The molecule has 5 nitrogen and oxygen atoms in total. The summed E-state index contributed by atoms with van der Waals surface area (Å²) in [6.07, 6.45) is 2.25. The van der Waals surface area contributed by atoms with Crippen LogP contribution in [-0.4, -0.2) is 17.2 Å². The summed E-state index contributed by atoms with van der Waals surface area (Å²) in [6.45, 7) is 4.39. The van der Waals surface area contributed by atoms with Gasteiger partial charge in [0.1, 0.15) is 5.75 Å². The van der Waals surface area contributed by atoms with Crippen LogP contribution in [0.2, 0.25) is 0 Å². The van der Waals surface area contributed by atoms with Crippen LogP contribution in [-0.2, 0) is 13.0 Å². The zero-order valence-corrected chi connectivity index (χ0v) is 12.7. The Hall–Kier alpha value is -1.88. The van der Waals surface area contributed by atoms with Crippen molar-refractivity contribution in [2.24, 2.45) is 0 Å². The fraction of sp³-hybridized carbons (Fsp3) is 0.500. The molecule has 1 unspecified atom stereocenters. The third kappa shape index (κ3) is 2.93. The first-order valence-corrected chi connectivity index (χ1v) is 7.42. The smallest absolute Gasteiger partial charge is 0.229 e. The van der Waals surface area contributed by atoms with Crippen LogP contribution in [0.3, 0.4) is 0 Å². The second kappa shape index (κ2) is 5.85. The summed E-state index contributed by atoms with van der Waals surface area (Å²) in [5, 5.41) is 7.27. The summed E-state index contributed by atoms with van der Waals surface area (Å²) in [4.78, 5) is 4.31. The molecule has 112 valence electrons. The third-order valence-corrected chi connectivity index (χ3v) is 3.89. The molecule has 21 heavy (non-hydrogen) atoms. The molecular formula is C16H21N3O2. The first-order chi connectivity index (χ1) is 10.2. The molecular weight excluding hydrogens is 266 g/mol. The molecule has 1 aliphatic rings. The number of hydrogen-bond acceptors (Lipinski definition) is 5. The average Bonchev–Trinajstić information content (AvgIpc) is 3.11. The lowest BCUT2D eigenvalue weighted by Crippen LogP contribution is -2.12. The van der Waals surface area contributed by atoms with Gasteiger partial charge in [-0.05, 0) is 43.1 Å². The summed E-state index contributed by atoms with van der Waals surface area (Å²) in [5.74, 6) is 2.35. The van der Waals surface area contributed by atoms with Crippen molar-refractivity contribution in [1.82, 2.24) is 15.5 Å². The van der Waals surface area contributed by atoms with Crippen molar-refractivity contribution >= 4 is 0 Å². The van der Waals surface area contributed by atoms with E-state index in [1.165, 1.54) is 11.1 Å².